The van der Waals surface area contributed by atoms with E-state index in [4.69, 9.17) is 5.11 Å². The highest BCUT2D eigenvalue weighted by Gasteiger charge is 2.26. The van der Waals surface area contributed by atoms with Crippen molar-refractivity contribution in [2.75, 3.05) is 19.7 Å². The minimum Gasteiger partial charge on any atom is -0.505 e. The molecule has 3 heterocycles. The standard InChI is InChI=1S/C25H24FNO.C12H17N.C5H8O3.C2H6/c1-4-27-23(16(2)3)25(28)22(24(27)18-11-13-21(26)14-12-18)20-10-9-17-7-5-6-8-19(17)15-20;1-2-4-11(5-3-1)10-12-6-8-13-9-7-12;6-4-1-2-8-5(7)3-4;1-2/h5-16,28H,4H2,1-3H3;1-5,12-13H,6-10H2;4,6H,1-3H2;1-2H3/t;;4-;/m..1./s1. The average Bonchev–Trinajstić information content (AvgIpc) is 3.46. The van der Waals surface area contributed by atoms with Crippen LogP contribution in [-0.2, 0) is 22.5 Å². The Morgan fingerprint density at radius 1 is 0.863 bits per heavy atom. The van der Waals surface area contributed by atoms with E-state index in [1.54, 1.807) is 12.1 Å². The summed E-state index contributed by atoms with van der Waals surface area (Å²) in [5.41, 5.74) is 6.00. The number of ether oxygens (including phenoxy) is 1. The third-order valence-corrected chi connectivity index (χ3v) is 9.24. The summed E-state index contributed by atoms with van der Waals surface area (Å²) in [5, 5.41) is 25.7. The molecular weight excluding hydrogens is 639 g/mol. The Hall–Kier alpha value is -4.46. The molecule has 2 aliphatic rings. The Bertz CT molecular complexity index is 1790. The van der Waals surface area contributed by atoms with E-state index in [1.165, 1.54) is 50.0 Å². The number of hydrogen-bond acceptors (Lipinski definition) is 5. The van der Waals surface area contributed by atoms with E-state index in [-0.39, 0.29) is 24.1 Å². The third kappa shape index (κ3) is 10.8. The SMILES string of the molecule is CC.CCn1c(-c2ccc(F)cc2)c(-c2ccc3ccccc3c2)c(O)c1C(C)C.O=C1C[C@H](O)CCO1.c1ccc(CC2CCNCC2)cc1. The monoisotopic (exact) mass is 694 g/mol. The number of aliphatic hydroxyl groups is 1. The molecule has 0 unspecified atom stereocenters. The van der Waals surface area contributed by atoms with Crippen LogP contribution in [0.2, 0.25) is 0 Å². The van der Waals surface area contributed by atoms with Crippen LogP contribution in [0.5, 0.6) is 5.75 Å². The fourth-order valence-corrected chi connectivity index (χ4v) is 6.76. The van der Waals surface area contributed by atoms with Crippen LogP contribution in [0.15, 0.2) is 97.1 Å². The van der Waals surface area contributed by atoms with Crippen molar-refractivity contribution in [3.8, 4) is 28.1 Å². The fourth-order valence-electron chi connectivity index (χ4n) is 6.76. The number of carbonyl (C=O) groups is 1. The number of rotatable bonds is 6. The van der Waals surface area contributed by atoms with Gasteiger partial charge in [0, 0.05) is 18.5 Å². The average molecular weight is 695 g/mol. The maximum Gasteiger partial charge on any atom is 0.308 e. The molecule has 2 saturated heterocycles. The lowest BCUT2D eigenvalue weighted by molar-refractivity contribution is -0.151. The number of benzene rings is 4. The highest BCUT2D eigenvalue weighted by molar-refractivity contribution is 5.93. The number of halogens is 1. The zero-order valence-electron chi connectivity index (χ0n) is 30.9. The molecule has 0 saturated carbocycles. The summed E-state index contributed by atoms with van der Waals surface area (Å²) in [7, 11) is 0. The van der Waals surface area contributed by atoms with Gasteiger partial charge in [-0.15, -0.1) is 0 Å². The first-order valence-electron chi connectivity index (χ1n) is 18.5. The Balaban J connectivity index is 0.000000208. The zero-order chi connectivity index (χ0) is 36.8. The number of cyclic esters (lactones) is 1. The second-order valence-corrected chi connectivity index (χ2v) is 13.2. The Kier molecular flexibility index (Phi) is 15.3. The van der Waals surface area contributed by atoms with Crippen molar-refractivity contribution in [1.82, 2.24) is 9.88 Å². The highest BCUT2D eigenvalue weighted by Crippen LogP contribution is 2.46. The first-order chi connectivity index (χ1) is 24.7. The Morgan fingerprint density at radius 2 is 1.49 bits per heavy atom. The van der Waals surface area contributed by atoms with Crippen LogP contribution in [0.4, 0.5) is 4.39 Å². The van der Waals surface area contributed by atoms with Crippen LogP contribution in [-0.4, -0.2) is 46.5 Å². The van der Waals surface area contributed by atoms with Gasteiger partial charge in [-0.05, 0) is 109 Å². The fraction of sp³-hybridized carbons (Fsp3) is 0.386. The summed E-state index contributed by atoms with van der Waals surface area (Å²) < 4.78 is 20.2. The maximum atomic E-state index is 13.5. The van der Waals surface area contributed by atoms with Crippen LogP contribution in [0.3, 0.4) is 0 Å². The summed E-state index contributed by atoms with van der Waals surface area (Å²) >= 11 is 0. The van der Waals surface area contributed by atoms with Gasteiger partial charge in [0.15, 0.2) is 0 Å². The van der Waals surface area contributed by atoms with E-state index < -0.39 is 6.10 Å². The lowest BCUT2D eigenvalue weighted by atomic mass is 9.91. The predicted molar refractivity (Wildman–Crippen MR) is 207 cm³/mol. The molecule has 2 aliphatic heterocycles. The molecule has 7 rings (SSSR count). The minimum absolute atomic E-state index is 0.161. The van der Waals surface area contributed by atoms with Crippen LogP contribution < -0.4 is 5.32 Å². The van der Waals surface area contributed by atoms with Gasteiger partial charge in [0.05, 0.1) is 30.5 Å². The van der Waals surface area contributed by atoms with E-state index in [0.717, 1.165) is 51.3 Å². The van der Waals surface area contributed by atoms with Crippen molar-refractivity contribution in [3.63, 3.8) is 0 Å². The largest absolute Gasteiger partial charge is 0.505 e. The molecule has 0 aliphatic carbocycles. The minimum atomic E-state index is -0.462. The smallest absolute Gasteiger partial charge is 0.308 e. The van der Waals surface area contributed by atoms with Gasteiger partial charge in [-0.2, -0.15) is 0 Å². The second kappa shape index (κ2) is 19.8. The molecule has 6 nitrogen and oxygen atoms in total. The lowest BCUT2D eigenvalue weighted by Crippen LogP contribution is -2.28. The molecule has 272 valence electrons. The topological polar surface area (TPSA) is 83.7 Å². The molecule has 0 bridgehead atoms. The quantitative estimate of drug-likeness (QED) is 0.154. The van der Waals surface area contributed by atoms with E-state index in [2.05, 4.69) is 96.1 Å². The number of fused-ring (bicyclic) bond motifs is 1. The van der Waals surface area contributed by atoms with Gasteiger partial charge in [-0.25, -0.2) is 4.39 Å². The maximum absolute atomic E-state index is 13.5. The normalized spacial score (nSPS) is 15.8. The van der Waals surface area contributed by atoms with Crippen molar-refractivity contribution < 1.29 is 24.1 Å². The van der Waals surface area contributed by atoms with Crippen LogP contribution in [0, 0.1) is 11.7 Å². The molecule has 2 fully saturated rings. The number of nitrogens with one attached hydrogen (secondary N) is 1. The molecule has 0 amide bonds. The second-order valence-electron chi connectivity index (χ2n) is 13.2. The predicted octanol–water partition coefficient (Wildman–Crippen LogP) is 9.90. The van der Waals surface area contributed by atoms with Gasteiger partial charge < -0.3 is 24.8 Å². The van der Waals surface area contributed by atoms with Crippen LogP contribution >= 0.6 is 0 Å². The number of hydrogen-bond donors (Lipinski definition) is 3. The van der Waals surface area contributed by atoms with Gasteiger partial charge >= 0.3 is 5.97 Å². The molecule has 0 radical (unpaired) electrons. The number of aromatic hydroxyl groups is 1. The van der Waals surface area contributed by atoms with Gasteiger partial charge in [-0.3, -0.25) is 4.79 Å². The molecule has 1 aromatic heterocycles. The number of piperidine rings is 1. The van der Waals surface area contributed by atoms with E-state index in [1.807, 2.05) is 26.0 Å². The van der Waals surface area contributed by atoms with Crippen molar-refractivity contribution in [1.29, 1.82) is 0 Å². The van der Waals surface area contributed by atoms with Crippen molar-refractivity contribution in [2.24, 2.45) is 5.92 Å². The van der Waals surface area contributed by atoms with Crippen molar-refractivity contribution in [2.45, 2.75) is 85.3 Å². The van der Waals surface area contributed by atoms with Gasteiger partial charge in [-0.1, -0.05) is 94.4 Å². The third-order valence-electron chi connectivity index (χ3n) is 9.24. The van der Waals surface area contributed by atoms with E-state index in [0.29, 0.717) is 18.8 Å². The molecule has 4 aromatic carbocycles. The molecule has 51 heavy (non-hydrogen) atoms. The van der Waals surface area contributed by atoms with Crippen molar-refractivity contribution in [3.05, 3.63) is 114 Å². The number of aromatic nitrogens is 1. The van der Waals surface area contributed by atoms with Gasteiger partial charge in [0.2, 0.25) is 0 Å². The number of aliphatic hydroxyl groups excluding tert-OH is 1. The lowest BCUT2D eigenvalue weighted by Gasteiger charge is -2.22. The zero-order valence-corrected chi connectivity index (χ0v) is 30.9. The molecule has 5 aromatic rings. The summed E-state index contributed by atoms with van der Waals surface area (Å²) in [4.78, 5) is 10.3. The number of nitrogens with zero attached hydrogens (tertiary/aromatic N) is 1. The first kappa shape index (κ1) is 39.3. The molecule has 1 atom stereocenters. The number of carbonyl (C=O) groups excluding carboxylic acids is 1. The number of esters is 1. The van der Waals surface area contributed by atoms with E-state index in [9.17, 15) is 14.3 Å². The first-order valence-corrected chi connectivity index (χ1v) is 18.5. The van der Waals surface area contributed by atoms with Crippen LogP contribution in [0.1, 0.15) is 77.5 Å². The summed E-state index contributed by atoms with van der Waals surface area (Å²) in [6.07, 6.45) is 4.24. The molecule has 3 N–H and O–H groups in total. The van der Waals surface area contributed by atoms with E-state index >= 15 is 0 Å². The summed E-state index contributed by atoms with van der Waals surface area (Å²) in [5.74, 6) is 0.825. The molecular formula is C44H55FN2O4. The Labute approximate surface area is 303 Å². The van der Waals surface area contributed by atoms with Crippen LogP contribution in [0.25, 0.3) is 33.2 Å². The summed E-state index contributed by atoms with van der Waals surface area (Å²) in [6.45, 7) is 13.7. The van der Waals surface area contributed by atoms with Gasteiger partial charge in [0.25, 0.3) is 0 Å². The molecule has 7 heteroatoms. The summed E-state index contributed by atoms with van der Waals surface area (Å²) in [6, 6.07) is 31.8. The van der Waals surface area contributed by atoms with Crippen molar-refractivity contribution >= 4 is 16.7 Å². The van der Waals surface area contributed by atoms with Gasteiger partial charge in [0.1, 0.15) is 11.6 Å². The molecule has 0 spiro atoms. The Morgan fingerprint density at radius 3 is 2.08 bits per heavy atom. The highest BCUT2D eigenvalue weighted by atomic mass is 19.1.